The summed E-state index contributed by atoms with van der Waals surface area (Å²) in [7, 11) is 3.34. The molecule has 0 spiro atoms. The minimum absolute atomic E-state index is 0.0342. The Morgan fingerprint density at radius 2 is 1.96 bits per heavy atom. The molecular weight excluding hydrogens is 341 g/mol. The number of hydrogen-bond acceptors (Lipinski definition) is 3. The number of anilines is 1. The van der Waals surface area contributed by atoms with Crippen molar-refractivity contribution in [3.05, 3.63) is 64.4 Å². The average molecular weight is 360 g/mol. The number of nitriles is 1. The van der Waals surface area contributed by atoms with Gasteiger partial charge in [-0.25, -0.2) is 4.39 Å². The van der Waals surface area contributed by atoms with Gasteiger partial charge in [0.05, 0.1) is 5.56 Å². The molecule has 2 aromatic rings. The Morgan fingerprint density at radius 1 is 1.28 bits per heavy atom. The number of carbonyl (C=O) groups is 1. The lowest BCUT2D eigenvalue weighted by Crippen LogP contribution is -2.44. The van der Waals surface area contributed by atoms with E-state index in [-0.39, 0.29) is 11.5 Å². The van der Waals surface area contributed by atoms with E-state index in [9.17, 15) is 9.18 Å². The van der Waals surface area contributed by atoms with E-state index in [4.69, 9.17) is 16.9 Å². The van der Waals surface area contributed by atoms with Crippen LogP contribution in [0.25, 0.3) is 0 Å². The van der Waals surface area contributed by atoms with Crippen molar-refractivity contribution in [1.29, 1.82) is 5.26 Å². The quantitative estimate of drug-likeness (QED) is 0.815. The van der Waals surface area contributed by atoms with E-state index in [0.29, 0.717) is 17.3 Å². The van der Waals surface area contributed by atoms with Crippen LogP contribution in [0.1, 0.15) is 18.1 Å². The van der Waals surface area contributed by atoms with E-state index in [0.717, 1.165) is 5.56 Å². The van der Waals surface area contributed by atoms with Crippen molar-refractivity contribution in [2.24, 2.45) is 0 Å². The second kappa shape index (κ2) is 8.00. The van der Waals surface area contributed by atoms with Crippen LogP contribution in [-0.2, 0) is 11.3 Å². The summed E-state index contributed by atoms with van der Waals surface area (Å²) in [6, 6.07) is 12.9. The highest BCUT2D eigenvalue weighted by Gasteiger charge is 2.24. The summed E-state index contributed by atoms with van der Waals surface area (Å²) in [5, 5.41) is 9.48. The first-order valence-electron chi connectivity index (χ1n) is 7.76. The Labute approximate surface area is 152 Å². The van der Waals surface area contributed by atoms with Gasteiger partial charge in [0.15, 0.2) is 0 Å². The van der Waals surface area contributed by atoms with Crippen molar-refractivity contribution in [2.75, 3.05) is 19.0 Å². The second-order valence-electron chi connectivity index (χ2n) is 5.90. The molecule has 130 valence electrons. The Hall–Kier alpha value is -2.58. The summed E-state index contributed by atoms with van der Waals surface area (Å²) >= 11 is 6.24. The van der Waals surface area contributed by atoms with Crippen molar-refractivity contribution in [3.8, 4) is 6.07 Å². The number of halogens is 2. The Morgan fingerprint density at radius 3 is 2.52 bits per heavy atom. The summed E-state index contributed by atoms with van der Waals surface area (Å²) in [6.45, 7) is 2.10. The second-order valence-corrected chi connectivity index (χ2v) is 6.31. The fourth-order valence-corrected chi connectivity index (χ4v) is 2.74. The van der Waals surface area contributed by atoms with Crippen LogP contribution in [-0.4, -0.2) is 30.9 Å². The molecule has 0 heterocycles. The molecule has 0 saturated heterocycles. The summed E-state index contributed by atoms with van der Waals surface area (Å²) in [5.74, 6) is -0.731. The van der Waals surface area contributed by atoms with Gasteiger partial charge in [0.2, 0.25) is 5.91 Å². The Bertz CT molecular complexity index is 817. The summed E-state index contributed by atoms with van der Waals surface area (Å²) in [5.41, 5.74) is 1.31. The maximum absolute atomic E-state index is 14.1. The molecule has 0 bridgehead atoms. The first-order chi connectivity index (χ1) is 11.8. The number of carbonyl (C=O) groups excluding carboxylic acids is 1. The van der Waals surface area contributed by atoms with Gasteiger partial charge >= 0.3 is 0 Å². The van der Waals surface area contributed by atoms with Crippen molar-refractivity contribution < 1.29 is 9.18 Å². The van der Waals surface area contributed by atoms with Crippen LogP contribution in [0.5, 0.6) is 0 Å². The highest BCUT2D eigenvalue weighted by Crippen LogP contribution is 2.26. The number of hydrogen-bond donors (Lipinski definition) is 0. The zero-order valence-corrected chi connectivity index (χ0v) is 15.1. The molecule has 0 aromatic heterocycles. The zero-order valence-electron chi connectivity index (χ0n) is 14.3. The fourth-order valence-electron chi connectivity index (χ4n) is 2.54. The van der Waals surface area contributed by atoms with Gasteiger partial charge in [-0.3, -0.25) is 4.79 Å². The third-order valence-electron chi connectivity index (χ3n) is 3.97. The first-order valence-corrected chi connectivity index (χ1v) is 8.13. The molecule has 0 aliphatic carbocycles. The maximum Gasteiger partial charge on any atom is 0.244 e. The van der Waals surface area contributed by atoms with Crippen LogP contribution in [0, 0.1) is 17.1 Å². The van der Waals surface area contributed by atoms with Crippen LogP contribution in [0.4, 0.5) is 10.1 Å². The molecule has 2 aromatic carbocycles. The molecule has 2 rings (SSSR count). The number of rotatable bonds is 5. The normalized spacial score (nSPS) is 11.5. The zero-order chi connectivity index (χ0) is 18.6. The molecular formula is C19H19ClFN3O. The van der Waals surface area contributed by atoms with Crippen molar-refractivity contribution >= 4 is 23.2 Å². The number of amides is 1. The molecule has 1 atom stereocenters. The lowest BCUT2D eigenvalue weighted by Gasteiger charge is -2.32. The lowest BCUT2D eigenvalue weighted by atomic mass is 10.1. The lowest BCUT2D eigenvalue weighted by molar-refractivity contribution is -0.129. The van der Waals surface area contributed by atoms with Gasteiger partial charge < -0.3 is 9.80 Å². The minimum atomic E-state index is -0.617. The predicted octanol–water partition coefficient (Wildman–Crippen LogP) is 3.83. The highest BCUT2D eigenvalue weighted by molar-refractivity contribution is 6.31. The van der Waals surface area contributed by atoms with Gasteiger partial charge in [-0.15, -0.1) is 0 Å². The molecule has 0 aliphatic heterocycles. The minimum Gasteiger partial charge on any atom is -0.355 e. The van der Waals surface area contributed by atoms with Crippen LogP contribution >= 0.6 is 11.6 Å². The van der Waals surface area contributed by atoms with Crippen LogP contribution in [0.2, 0.25) is 5.02 Å². The summed E-state index contributed by atoms with van der Waals surface area (Å²) < 4.78 is 14.1. The third-order valence-corrected chi connectivity index (χ3v) is 4.34. The van der Waals surface area contributed by atoms with E-state index in [1.165, 1.54) is 17.0 Å². The molecule has 25 heavy (non-hydrogen) atoms. The number of likely N-dealkylation sites (N-methyl/N-ethyl adjacent to an activating group) is 1. The van der Waals surface area contributed by atoms with E-state index < -0.39 is 11.9 Å². The smallest absolute Gasteiger partial charge is 0.244 e. The summed E-state index contributed by atoms with van der Waals surface area (Å²) in [6.07, 6.45) is 0. The van der Waals surface area contributed by atoms with Crippen LogP contribution < -0.4 is 4.90 Å². The van der Waals surface area contributed by atoms with Gasteiger partial charge in [0, 0.05) is 31.4 Å². The molecule has 0 radical (unpaired) electrons. The first kappa shape index (κ1) is 18.8. The summed E-state index contributed by atoms with van der Waals surface area (Å²) in [4.78, 5) is 15.7. The molecule has 6 heteroatoms. The topological polar surface area (TPSA) is 47.3 Å². The number of benzene rings is 2. The predicted molar refractivity (Wildman–Crippen MR) is 96.9 cm³/mol. The number of nitrogens with zero attached hydrogens (tertiary/aromatic N) is 3. The average Bonchev–Trinajstić information content (AvgIpc) is 2.59. The van der Waals surface area contributed by atoms with Crippen LogP contribution in [0.3, 0.4) is 0 Å². The van der Waals surface area contributed by atoms with Gasteiger partial charge in [0.25, 0.3) is 0 Å². The van der Waals surface area contributed by atoms with Gasteiger partial charge in [0.1, 0.15) is 17.9 Å². The molecule has 4 nitrogen and oxygen atoms in total. The van der Waals surface area contributed by atoms with E-state index in [2.05, 4.69) is 0 Å². The van der Waals surface area contributed by atoms with E-state index >= 15 is 0 Å². The van der Waals surface area contributed by atoms with Gasteiger partial charge in [-0.2, -0.15) is 5.26 Å². The highest BCUT2D eigenvalue weighted by atomic mass is 35.5. The third kappa shape index (κ3) is 4.28. The van der Waals surface area contributed by atoms with Gasteiger partial charge in [-0.1, -0.05) is 29.8 Å². The molecule has 0 saturated carbocycles. The Kier molecular flexibility index (Phi) is 6.00. The maximum atomic E-state index is 14.1. The molecule has 1 amide bonds. The Balaban J connectivity index is 2.45. The molecule has 0 aliphatic rings. The molecule has 0 unspecified atom stereocenters. The van der Waals surface area contributed by atoms with Crippen molar-refractivity contribution in [3.63, 3.8) is 0 Å². The van der Waals surface area contributed by atoms with E-state index in [1.807, 2.05) is 18.2 Å². The van der Waals surface area contributed by atoms with Crippen LogP contribution in [0.15, 0.2) is 42.5 Å². The fraction of sp³-hybridized carbons (Fsp3) is 0.263. The molecule has 0 fully saturated rings. The van der Waals surface area contributed by atoms with Gasteiger partial charge in [-0.05, 0) is 36.8 Å². The molecule has 0 N–H and O–H groups in total. The van der Waals surface area contributed by atoms with Crippen molar-refractivity contribution in [2.45, 2.75) is 19.5 Å². The van der Waals surface area contributed by atoms with E-state index in [1.54, 1.807) is 44.1 Å². The monoisotopic (exact) mass is 359 g/mol. The standard InChI is InChI=1S/C19H19ClFN3O/c1-13(19(25)23(2)3)24(12-15-6-4-5-7-17(15)20)16-9-8-14(11-22)18(21)10-16/h4-10,13H,12H2,1-3H3/t13-/m0/s1. The van der Waals surface area contributed by atoms with Crippen molar-refractivity contribution in [1.82, 2.24) is 4.90 Å². The largest absolute Gasteiger partial charge is 0.355 e. The SMILES string of the molecule is C[C@@H](C(=O)N(C)C)N(Cc1ccccc1Cl)c1ccc(C#N)c(F)c1.